The fraction of sp³-hybridized carbons (Fsp3) is 1.00. The minimum absolute atomic E-state index is 0.114. The van der Waals surface area contributed by atoms with Crippen molar-refractivity contribution in [3.8, 4) is 0 Å². The molecule has 5 heteroatoms. The normalized spacial score (nSPS) is 24.1. The molecule has 1 aliphatic rings. The highest BCUT2D eigenvalue weighted by Crippen LogP contribution is 2.23. The number of hydrogen-bond acceptors (Lipinski definition) is 3. The van der Waals surface area contributed by atoms with E-state index in [0.29, 0.717) is 30.7 Å². The molecule has 0 aromatic heterocycles. The van der Waals surface area contributed by atoms with Crippen molar-refractivity contribution in [1.29, 1.82) is 0 Å². The van der Waals surface area contributed by atoms with Crippen LogP contribution in [0.25, 0.3) is 0 Å². The maximum atomic E-state index is 12.0. The van der Waals surface area contributed by atoms with Gasteiger partial charge in [0.25, 0.3) is 0 Å². The molecule has 108 valence electrons. The Labute approximate surface area is 112 Å². The Balaban J connectivity index is 2.51. The molecule has 18 heavy (non-hydrogen) atoms. The van der Waals surface area contributed by atoms with Crippen LogP contribution in [0.15, 0.2) is 0 Å². The summed E-state index contributed by atoms with van der Waals surface area (Å²) in [5, 5.41) is 0. The van der Waals surface area contributed by atoms with Crippen molar-refractivity contribution < 1.29 is 8.42 Å². The van der Waals surface area contributed by atoms with Crippen LogP contribution in [0.4, 0.5) is 0 Å². The first-order valence-electron chi connectivity index (χ1n) is 7.08. The first kappa shape index (κ1) is 15.9. The minimum atomic E-state index is -3.00. The maximum absolute atomic E-state index is 12.0. The van der Waals surface area contributed by atoms with E-state index in [0.717, 1.165) is 25.7 Å². The van der Waals surface area contributed by atoms with E-state index in [-0.39, 0.29) is 6.04 Å². The molecule has 1 fully saturated rings. The molecule has 0 aromatic rings. The maximum Gasteiger partial charge on any atom is 0.214 e. The van der Waals surface area contributed by atoms with Crippen LogP contribution in [0.1, 0.15) is 46.5 Å². The number of hydrogen-bond donors (Lipinski definition) is 1. The highest BCUT2D eigenvalue weighted by molar-refractivity contribution is 7.89. The molecule has 2 atom stereocenters. The van der Waals surface area contributed by atoms with Gasteiger partial charge in [0.2, 0.25) is 10.0 Å². The summed E-state index contributed by atoms with van der Waals surface area (Å²) in [6.07, 6.45) is 3.73. The molecule has 2 N–H and O–H groups in total. The topological polar surface area (TPSA) is 63.4 Å². The lowest BCUT2D eigenvalue weighted by molar-refractivity contribution is 0.269. The first-order chi connectivity index (χ1) is 8.38. The molecule has 4 nitrogen and oxygen atoms in total. The van der Waals surface area contributed by atoms with Gasteiger partial charge in [-0.3, -0.25) is 0 Å². The van der Waals surface area contributed by atoms with Crippen molar-refractivity contribution >= 4 is 10.0 Å². The fourth-order valence-electron chi connectivity index (χ4n) is 2.63. The molecule has 0 amide bonds. The van der Waals surface area contributed by atoms with Gasteiger partial charge in [0.15, 0.2) is 0 Å². The third kappa shape index (κ3) is 4.21. The van der Waals surface area contributed by atoms with Crippen LogP contribution < -0.4 is 5.73 Å². The second-order valence-corrected chi connectivity index (χ2v) is 7.84. The molecule has 1 heterocycles. The molecule has 2 unspecified atom stereocenters. The molecule has 0 bridgehead atoms. The Hall–Kier alpha value is -0.130. The van der Waals surface area contributed by atoms with Crippen LogP contribution in [-0.2, 0) is 10.0 Å². The second-order valence-electron chi connectivity index (χ2n) is 5.80. The molecule has 0 saturated carbocycles. The quantitative estimate of drug-likeness (QED) is 0.805. The van der Waals surface area contributed by atoms with Crippen molar-refractivity contribution in [2.75, 3.05) is 18.8 Å². The summed E-state index contributed by atoms with van der Waals surface area (Å²) in [6.45, 7) is 7.77. The number of sulfonamides is 1. The van der Waals surface area contributed by atoms with Crippen LogP contribution in [0.5, 0.6) is 0 Å². The largest absolute Gasteiger partial charge is 0.330 e. The lowest BCUT2D eigenvalue weighted by Gasteiger charge is -2.32. The zero-order chi connectivity index (χ0) is 13.8. The Bertz CT molecular complexity index is 341. The van der Waals surface area contributed by atoms with Crippen LogP contribution in [0.3, 0.4) is 0 Å². The first-order valence-corrected chi connectivity index (χ1v) is 8.69. The van der Waals surface area contributed by atoms with Crippen molar-refractivity contribution in [2.24, 2.45) is 17.6 Å². The summed E-state index contributed by atoms with van der Waals surface area (Å²) in [5.41, 5.74) is 5.76. The van der Waals surface area contributed by atoms with Crippen molar-refractivity contribution in [3.63, 3.8) is 0 Å². The summed E-state index contributed by atoms with van der Waals surface area (Å²) in [5.74, 6) is 1.39. The molecule has 0 aromatic carbocycles. The molecule has 1 aliphatic heterocycles. The highest BCUT2D eigenvalue weighted by atomic mass is 32.2. The van der Waals surface area contributed by atoms with Crippen LogP contribution in [-0.4, -0.2) is 37.6 Å². The monoisotopic (exact) mass is 276 g/mol. The standard InChI is InChI=1S/C13H28N2O2S/c1-11(2)13(10-14)7-6-12(3)15-8-4-5-9-18(15,16)17/h11-13H,4-10,14H2,1-3H3. The third-order valence-electron chi connectivity index (χ3n) is 4.08. The van der Waals surface area contributed by atoms with Gasteiger partial charge in [-0.1, -0.05) is 13.8 Å². The Kier molecular flexibility index (Phi) is 6.08. The highest BCUT2D eigenvalue weighted by Gasteiger charge is 2.30. The van der Waals surface area contributed by atoms with E-state index in [1.807, 2.05) is 6.92 Å². The van der Waals surface area contributed by atoms with Gasteiger partial charge in [0.05, 0.1) is 5.75 Å². The van der Waals surface area contributed by atoms with Gasteiger partial charge in [-0.25, -0.2) is 8.42 Å². The van der Waals surface area contributed by atoms with Crippen LogP contribution in [0, 0.1) is 11.8 Å². The fourth-order valence-corrected chi connectivity index (χ4v) is 4.49. The van der Waals surface area contributed by atoms with Crippen molar-refractivity contribution in [3.05, 3.63) is 0 Å². The van der Waals surface area contributed by atoms with Gasteiger partial charge in [0, 0.05) is 12.6 Å². The van der Waals surface area contributed by atoms with E-state index in [1.54, 1.807) is 4.31 Å². The van der Waals surface area contributed by atoms with Crippen LogP contribution in [0.2, 0.25) is 0 Å². The van der Waals surface area contributed by atoms with E-state index in [2.05, 4.69) is 13.8 Å². The van der Waals surface area contributed by atoms with Gasteiger partial charge in [-0.2, -0.15) is 4.31 Å². The second kappa shape index (κ2) is 6.87. The van der Waals surface area contributed by atoms with Crippen molar-refractivity contribution in [2.45, 2.75) is 52.5 Å². The van der Waals surface area contributed by atoms with Gasteiger partial charge in [-0.15, -0.1) is 0 Å². The SMILES string of the molecule is CC(C)C(CN)CCC(C)N1CCCCS1(=O)=O. The van der Waals surface area contributed by atoms with Gasteiger partial charge in [0.1, 0.15) is 0 Å². The van der Waals surface area contributed by atoms with E-state index in [4.69, 9.17) is 5.73 Å². The number of nitrogens with two attached hydrogens (primary N) is 1. The average molecular weight is 276 g/mol. The molecule has 1 saturated heterocycles. The lowest BCUT2D eigenvalue weighted by Crippen LogP contribution is -2.43. The van der Waals surface area contributed by atoms with Crippen LogP contribution >= 0.6 is 0 Å². The third-order valence-corrected chi connectivity index (χ3v) is 6.14. The lowest BCUT2D eigenvalue weighted by atomic mass is 9.90. The molecular weight excluding hydrogens is 248 g/mol. The van der Waals surface area contributed by atoms with Gasteiger partial charge >= 0.3 is 0 Å². The van der Waals surface area contributed by atoms with E-state index in [1.165, 1.54) is 0 Å². The minimum Gasteiger partial charge on any atom is -0.330 e. The smallest absolute Gasteiger partial charge is 0.214 e. The predicted octanol–water partition coefficient (Wildman–Crippen LogP) is 1.81. The number of nitrogens with zero attached hydrogens (tertiary/aromatic N) is 1. The van der Waals surface area contributed by atoms with Crippen molar-refractivity contribution in [1.82, 2.24) is 4.31 Å². The molecule has 1 rings (SSSR count). The van der Waals surface area contributed by atoms with E-state index in [9.17, 15) is 8.42 Å². The van der Waals surface area contributed by atoms with Gasteiger partial charge < -0.3 is 5.73 Å². The van der Waals surface area contributed by atoms with E-state index >= 15 is 0 Å². The molecule has 0 aliphatic carbocycles. The Morgan fingerprint density at radius 1 is 1.17 bits per heavy atom. The zero-order valence-electron chi connectivity index (χ0n) is 11.9. The molecule has 0 radical (unpaired) electrons. The summed E-state index contributed by atoms with van der Waals surface area (Å²) < 4.78 is 25.6. The summed E-state index contributed by atoms with van der Waals surface area (Å²) in [4.78, 5) is 0. The average Bonchev–Trinajstić information content (AvgIpc) is 2.28. The molecular formula is C13H28N2O2S. The molecule has 0 spiro atoms. The van der Waals surface area contributed by atoms with Gasteiger partial charge in [-0.05, 0) is 51.0 Å². The number of rotatable bonds is 6. The Morgan fingerprint density at radius 2 is 1.83 bits per heavy atom. The summed E-state index contributed by atoms with van der Waals surface area (Å²) in [7, 11) is -3.00. The van der Waals surface area contributed by atoms with E-state index < -0.39 is 10.0 Å². The summed E-state index contributed by atoms with van der Waals surface area (Å²) >= 11 is 0. The summed E-state index contributed by atoms with van der Waals surface area (Å²) in [6, 6.07) is 0.114. The predicted molar refractivity (Wildman–Crippen MR) is 75.8 cm³/mol. The zero-order valence-corrected chi connectivity index (χ0v) is 12.7. The Morgan fingerprint density at radius 3 is 2.33 bits per heavy atom.